The van der Waals surface area contributed by atoms with Gasteiger partial charge in [0.1, 0.15) is 5.54 Å². The zero-order valence-electron chi connectivity index (χ0n) is 19.6. The normalized spacial score (nSPS) is 21.7. The van der Waals surface area contributed by atoms with Crippen LogP contribution >= 0.6 is 11.6 Å². The van der Waals surface area contributed by atoms with E-state index in [0.717, 1.165) is 42.3 Å². The monoisotopic (exact) mass is 478 g/mol. The molecular formula is C27H31ClN4O2. The van der Waals surface area contributed by atoms with E-state index in [1.54, 1.807) is 4.90 Å². The minimum absolute atomic E-state index is 0.100. The third-order valence-corrected chi connectivity index (χ3v) is 7.55. The van der Waals surface area contributed by atoms with Crippen LogP contribution in [0.5, 0.6) is 0 Å². The first-order valence-corrected chi connectivity index (χ1v) is 12.7. The van der Waals surface area contributed by atoms with E-state index in [2.05, 4.69) is 10.3 Å². The molecule has 0 unspecified atom stereocenters. The van der Waals surface area contributed by atoms with Crippen LogP contribution in [0.25, 0.3) is 11.0 Å². The number of hydrogen-bond acceptors (Lipinski definition) is 3. The van der Waals surface area contributed by atoms with Crippen molar-refractivity contribution < 1.29 is 9.59 Å². The van der Waals surface area contributed by atoms with Crippen molar-refractivity contribution in [1.29, 1.82) is 0 Å². The predicted octanol–water partition coefficient (Wildman–Crippen LogP) is 5.33. The summed E-state index contributed by atoms with van der Waals surface area (Å²) in [7, 11) is 0. The number of hydrogen-bond donors (Lipinski definition) is 1. The number of carbonyl (C=O) groups excluding carboxylic acids is 2. The molecule has 0 saturated heterocycles. The molecule has 34 heavy (non-hydrogen) atoms. The first-order valence-electron chi connectivity index (χ1n) is 12.3. The molecule has 1 aliphatic heterocycles. The molecule has 0 radical (unpaired) electrons. The number of fused-ring (bicyclic) bond motifs is 3. The molecule has 178 valence electrons. The summed E-state index contributed by atoms with van der Waals surface area (Å²) in [5.41, 5.74) is 1.46. The number of halogens is 1. The molecule has 1 atom stereocenters. The van der Waals surface area contributed by atoms with Gasteiger partial charge >= 0.3 is 0 Å². The second kappa shape index (κ2) is 9.41. The van der Waals surface area contributed by atoms with Crippen LogP contribution in [0, 0.1) is 0 Å². The van der Waals surface area contributed by atoms with Crippen molar-refractivity contribution in [2.45, 2.75) is 76.5 Å². The molecular weight excluding hydrogens is 448 g/mol. The molecule has 1 aromatic heterocycles. The number of para-hydroxylation sites is 2. The quantitative estimate of drug-likeness (QED) is 0.550. The lowest BCUT2D eigenvalue weighted by Crippen LogP contribution is -2.64. The van der Waals surface area contributed by atoms with Crippen molar-refractivity contribution in [2.24, 2.45) is 0 Å². The van der Waals surface area contributed by atoms with Gasteiger partial charge in [-0.3, -0.25) is 9.59 Å². The van der Waals surface area contributed by atoms with Crippen molar-refractivity contribution in [3.8, 4) is 0 Å². The first kappa shape index (κ1) is 22.9. The van der Waals surface area contributed by atoms with Crippen LogP contribution in [-0.4, -0.2) is 37.8 Å². The molecule has 0 bridgehead atoms. The minimum Gasteiger partial charge on any atom is -0.351 e. The Morgan fingerprint density at radius 1 is 1.09 bits per heavy atom. The zero-order valence-corrected chi connectivity index (χ0v) is 20.4. The average Bonchev–Trinajstić information content (AvgIpc) is 3.17. The highest BCUT2D eigenvalue weighted by Crippen LogP contribution is 2.32. The molecule has 3 aromatic rings. The molecule has 1 aliphatic carbocycles. The Labute approximate surface area is 205 Å². The van der Waals surface area contributed by atoms with Crippen molar-refractivity contribution in [2.75, 3.05) is 0 Å². The molecule has 2 aliphatic rings. The fourth-order valence-electron chi connectivity index (χ4n) is 5.34. The van der Waals surface area contributed by atoms with E-state index < -0.39 is 5.54 Å². The van der Waals surface area contributed by atoms with Crippen LogP contribution in [0.15, 0.2) is 48.5 Å². The van der Waals surface area contributed by atoms with Gasteiger partial charge in [-0.25, -0.2) is 4.98 Å². The van der Waals surface area contributed by atoms with Gasteiger partial charge in [-0.1, -0.05) is 68.0 Å². The van der Waals surface area contributed by atoms with E-state index in [4.69, 9.17) is 11.6 Å². The van der Waals surface area contributed by atoms with Crippen LogP contribution in [0.2, 0.25) is 5.02 Å². The van der Waals surface area contributed by atoms with Crippen LogP contribution in [0.3, 0.4) is 0 Å². The summed E-state index contributed by atoms with van der Waals surface area (Å²) >= 11 is 6.23. The number of aromatic nitrogens is 2. The van der Waals surface area contributed by atoms with Gasteiger partial charge < -0.3 is 14.8 Å². The topological polar surface area (TPSA) is 67.2 Å². The number of carbonyl (C=O) groups is 2. The summed E-state index contributed by atoms with van der Waals surface area (Å²) in [4.78, 5) is 34.0. The van der Waals surface area contributed by atoms with Crippen LogP contribution in [-0.2, 0) is 17.9 Å². The van der Waals surface area contributed by atoms with E-state index in [-0.39, 0.29) is 24.4 Å². The number of imidazole rings is 1. The molecule has 2 aromatic carbocycles. The van der Waals surface area contributed by atoms with E-state index >= 15 is 0 Å². The third kappa shape index (κ3) is 4.31. The SMILES string of the molecule is C[C@]1(C(=O)NC2CCCCCCC2)Cn2c(nc3ccccc32)C(=O)N1Cc1cccc(Cl)c1. The lowest BCUT2D eigenvalue weighted by atomic mass is 9.92. The maximum Gasteiger partial charge on any atom is 0.291 e. The molecule has 1 fully saturated rings. The van der Waals surface area contributed by atoms with Crippen molar-refractivity contribution in [3.05, 3.63) is 64.9 Å². The lowest BCUT2D eigenvalue weighted by Gasteiger charge is -2.44. The molecule has 6 nitrogen and oxygen atoms in total. The summed E-state index contributed by atoms with van der Waals surface area (Å²) in [6.45, 7) is 2.52. The van der Waals surface area contributed by atoms with Gasteiger partial charge in [0.25, 0.3) is 5.91 Å². The lowest BCUT2D eigenvalue weighted by molar-refractivity contribution is -0.134. The van der Waals surface area contributed by atoms with Crippen molar-refractivity contribution in [1.82, 2.24) is 19.8 Å². The molecule has 7 heteroatoms. The number of benzene rings is 2. The minimum atomic E-state index is -1.06. The second-order valence-corrected chi connectivity index (χ2v) is 10.3. The fourth-order valence-corrected chi connectivity index (χ4v) is 5.55. The predicted molar refractivity (Wildman–Crippen MR) is 134 cm³/mol. The molecule has 1 saturated carbocycles. The Bertz CT molecular complexity index is 1210. The molecule has 2 amide bonds. The maximum absolute atomic E-state index is 13.9. The van der Waals surface area contributed by atoms with Gasteiger partial charge in [-0.05, 0) is 49.6 Å². The van der Waals surface area contributed by atoms with E-state index in [1.807, 2.05) is 60.0 Å². The highest BCUT2D eigenvalue weighted by Gasteiger charge is 2.48. The summed E-state index contributed by atoms with van der Waals surface area (Å²) in [6, 6.07) is 15.3. The van der Waals surface area contributed by atoms with Gasteiger partial charge in [0.2, 0.25) is 5.91 Å². The first-order chi connectivity index (χ1) is 16.5. The number of nitrogens with zero attached hydrogens (tertiary/aromatic N) is 3. The maximum atomic E-state index is 13.9. The van der Waals surface area contributed by atoms with Crippen LogP contribution < -0.4 is 5.32 Å². The van der Waals surface area contributed by atoms with E-state index in [0.29, 0.717) is 17.4 Å². The van der Waals surface area contributed by atoms with Crippen molar-refractivity contribution in [3.63, 3.8) is 0 Å². The fraction of sp³-hybridized carbons (Fsp3) is 0.444. The Morgan fingerprint density at radius 3 is 2.59 bits per heavy atom. The second-order valence-electron chi connectivity index (χ2n) is 9.82. The highest BCUT2D eigenvalue weighted by atomic mass is 35.5. The Hall–Kier alpha value is -2.86. The Morgan fingerprint density at radius 2 is 1.82 bits per heavy atom. The summed E-state index contributed by atoms with van der Waals surface area (Å²) in [6.07, 6.45) is 7.94. The standard InChI is InChI=1S/C27H31ClN4O2/c1-27(26(34)29-21-12-5-3-2-4-6-13-21)18-31-23-15-8-7-14-22(23)30-24(31)25(33)32(27)17-19-10-9-11-20(28)16-19/h7-11,14-16,21H,2-6,12-13,17-18H2,1H3,(H,29,34)/t27-/m1/s1. The summed E-state index contributed by atoms with van der Waals surface area (Å²) in [5, 5.41) is 3.93. The molecule has 1 N–H and O–H groups in total. The Kier molecular flexibility index (Phi) is 6.34. The van der Waals surface area contributed by atoms with Crippen molar-refractivity contribution >= 4 is 34.4 Å². The third-order valence-electron chi connectivity index (χ3n) is 7.31. The average molecular weight is 479 g/mol. The van der Waals surface area contributed by atoms with Crippen LogP contribution in [0.1, 0.15) is 68.1 Å². The van der Waals surface area contributed by atoms with Gasteiger partial charge in [-0.15, -0.1) is 0 Å². The summed E-state index contributed by atoms with van der Waals surface area (Å²) in [5.74, 6) is 0.0362. The number of rotatable bonds is 4. The van der Waals surface area contributed by atoms with Gasteiger partial charge in [0.05, 0.1) is 17.6 Å². The van der Waals surface area contributed by atoms with Gasteiger partial charge in [-0.2, -0.15) is 0 Å². The van der Waals surface area contributed by atoms with Crippen LogP contribution in [0.4, 0.5) is 0 Å². The number of nitrogens with one attached hydrogen (secondary N) is 1. The largest absolute Gasteiger partial charge is 0.351 e. The van der Waals surface area contributed by atoms with Gasteiger partial charge in [0, 0.05) is 17.6 Å². The van der Waals surface area contributed by atoms with E-state index in [9.17, 15) is 9.59 Å². The Balaban J connectivity index is 1.52. The molecule has 0 spiro atoms. The van der Waals surface area contributed by atoms with Gasteiger partial charge in [0.15, 0.2) is 5.82 Å². The smallest absolute Gasteiger partial charge is 0.291 e. The molecule has 5 rings (SSSR count). The number of amides is 2. The summed E-state index contributed by atoms with van der Waals surface area (Å²) < 4.78 is 1.91. The zero-order chi connectivity index (χ0) is 23.7. The molecule has 2 heterocycles. The highest BCUT2D eigenvalue weighted by molar-refractivity contribution is 6.30. The van der Waals surface area contributed by atoms with E-state index in [1.165, 1.54) is 19.3 Å².